The topological polar surface area (TPSA) is 68.4 Å². The van der Waals surface area contributed by atoms with Crippen molar-refractivity contribution in [2.75, 3.05) is 13.2 Å². The van der Waals surface area contributed by atoms with Crippen LogP contribution in [0.1, 0.15) is 33.3 Å². The van der Waals surface area contributed by atoms with E-state index in [-0.39, 0.29) is 24.7 Å². The summed E-state index contributed by atoms with van der Waals surface area (Å²) in [6, 6.07) is 9.11. The first kappa shape index (κ1) is 14.8. The summed E-state index contributed by atoms with van der Waals surface area (Å²) in [7, 11) is 0. The van der Waals surface area contributed by atoms with Gasteiger partial charge >= 0.3 is 5.97 Å². The van der Waals surface area contributed by atoms with E-state index in [1.54, 1.807) is 0 Å². The summed E-state index contributed by atoms with van der Waals surface area (Å²) >= 11 is 0. The van der Waals surface area contributed by atoms with Gasteiger partial charge in [-0.2, -0.15) is 0 Å². The minimum atomic E-state index is -0.504. The molecule has 1 heterocycles. The first-order chi connectivity index (χ1) is 10.1. The molecule has 2 rings (SSSR count). The Morgan fingerprint density at radius 1 is 1.19 bits per heavy atom. The molecule has 0 atom stereocenters. The molecule has 0 radical (unpaired) electrons. The zero-order valence-corrected chi connectivity index (χ0v) is 12.0. The number of hydrogen-bond donors (Lipinski definition) is 1. The number of hydrogen-bond acceptors (Lipinski definition) is 4. The van der Waals surface area contributed by atoms with Crippen molar-refractivity contribution in [2.24, 2.45) is 0 Å². The molecule has 0 bridgehead atoms. The zero-order chi connectivity index (χ0) is 15.2. The molecular weight excluding hydrogens is 270 g/mol. The molecule has 0 aliphatic carbocycles. The summed E-state index contributed by atoms with van der Waals surface area (Å²) in [5.74, 6) is 0.133. The van der Waals surface area contributed by atoms with Crippen molar-refractivity contribution in [1.82, 2.24) is 4.98 Å². The molecule has 5 heteroatoms. The van der Waals surface area contributed by atoms with E-state index in [1.165, 1.54) is 19.2 Å². The van der Waals surface area contributed by atoms with Gasteiger partial charge in [-0.25, -0.2) is 4.79 Å². The van der Waals surface area contributed by atoms with Crippen molar-refractivity contribution in [2.45, 2.75) is 13.8 Å². The maximum atomic E-state index is 11.7. The van der Waals surface area contributed by atoms with Crippen molar-refractivity contribution < 1.29 is 19.1 Å². The number of aromatic amines is 1. The van der Waals surface area contributed by atoms with Crippen LogP contribution in [0.25, 0.3) is 0 Å². The van der Waals surface area contributed by atoms with Crippen LogP contribution in [0.3, 0.4) is 0 Å². The van der Waals surface area contributed by atoms with Crippen LogP contribution in [0.5, 0.6) is 5.75 Å². The quantitative estimate of drug-likeness (QED) is 0.504. The normalized spacial score (nSPS) is 10.2. The predicted molar refractivity (Wildman–Crippen MR) is 77.8 cm³/mol. The van der Waals surface area contributed by atoms with Gasteiger partial charge in [0.1, 0.15) is 24.7 Å². The van der Waals surface area contributed by atoms with Crippen LogP contribution in [0.4, 0.5) is 0 Å². The highest BCUT2D eigenvalue weighted by atomic mass is 16.6. The molecule has 0 unspecified atom stereocenters. The van der Waals surface area contributed by atoms with E-state index in [0.717, 1.165) is 11.3 Å². The van der Waals surface area contributed by atoms with E-state index >= 15 is 0 Å². The van der Waals surface area contributed by atoms with E-state index < -0.39 is 5.97 Å². The fraction of sp³-hybridized carbons (Fsp3) is 0.250. The summed E-state index contributed by atoms with van der Waals surface area (Å²) in [4.78, 5) is 25.6. The van der Waals surface area contributed by atoms with Crippen LogP contribution in [-0.2, 0) is 4.74 Å². The van der Waals surface area contributed by atoms with E-state index in [1.807, 2.05) is 31.2 Å². The van der Waals surface area contributed by atoms with Crippen LogP contribution in [0.15, 0.2) is 36.5 Å². The third kappa shape index (κ3) is 4.21. The smallest absolute Gasteiger partial charge is 0.354 e. The molecule has 0 amide bonds. The molecule has 0 saturated heterocycles. The van der Waals surface area contributed by atoms with Gasteiger partial charge in [0.15, 0.2) is 5.78 Å². The summed E-state index contributed by atoms with van der Waals surface area (Å²) in [6.07, 6.45) is 1.49. The average molecular weight is 287 g/mol. The van der Waals surface area contributed by atoms with Gasteiger partial charge in [0.25, 0.3) is 0 Å². The number of esters is 1. The molecule has 1 aromatic carbocycles. The summed E-state index contributed by atoms with van der Waals surface area (Å²) in [6.45, 7) is 3.83. The van der Waals surface area contributed by atoms with Crippen molar-refractivity contribution >= 4 is 11.8 Å². The SMILES string of the molecule is CC(=O)c1c[nH]c(C(=O)OCCOc2cccc(C)c2)c1. The number of benzene rings is 1. The highest BCUT2D eigenvalue weighted by molar-refractivity contribution is 5.97. The molecule has 0 saturated carbocycles. The lowest BCUT2D eigenvalue weighted by Gasteiger charge is -2.07. The number of H-pyrrole nitrogens is 1. The lowest BCUT2D eigenvalue weighted by Crippen LogP contribution is -2.12. The second kappa shape index (κ2) is 6.74. The van der Waals surface area contributed by atoms with Gasteiger partial charge in [0.2, 0.25) is 0 Å². The van der Waals surface area contributed by atoms with E-state index in [0.29, 0.717) is 5.56 Å². The number of aryl methyl sites for hydroxylation is 1. The number of carbonyl (C=O) groups excluding carboxylic acids is 2. The molecule has 2 aromatic rings. The van der Waals surface area contributed by atoms with Gasteiger partial charge < -0.3 is 14.5 Å². The fourth-order valence-corrected chi connectivity index (χ4v) is 1.79. The number of rotatable bonds is 6. The summed E-state index contributed by atoms with van der Waals surface area (Å²) < 4.78 is 10.5. The van der Waals surface area contributed by atoms with Crippen molar-refractivity contribution in [1.29, 1.82) is 0 Å². The molecule has 110 valence electrons. The van der Waals surface area contributed by atoms with Gasteiger partial charge in [-0.1, -0.05) is 12.1 Å². The maximum Gasteiger partial charge on any atom is 0.354 e. The zero-order valence-electron chi connectivity index (χ0n) is 12.0. The Bertz CT molecular complexity index is 645. The minimum absolute atomic E-state index is 0.104. The second-order valence-corrected chi connectivity index (χ2v) is 4.66. The molecule has 0 aliphatic heterocycles. The molecule has 0 fully saturated rings. The molecule has 1 N–H and O–H groups in total. The fourth-order valence-electron chi connectivity index (χ4n) is 1.79. The minimum Gasteiger partial charge on any atom is -0.490 e. The Kier molecular flexibility index (Phi) is 4.77. The third-order valence-electron chi connectivity index (χ3n) is 2.88. The van der Waals surface area contributed by atoms with Crippen molar-refractivity contribution in [3.05, 3.63) is 53.3 Å². The van der Waals surface area contributed by atoms with Gasteiger partial charge in [-0.05, 0) is 37.6 Å². The van der Waals surface area contributed by atoms with Crippen LogP contribution >= 0.6 is 0 Å². The number of Topliss-reactive ketones (excluding diaryl/α,β-unsaturated/α-hetero) is 1. The second-order valence-electron chi connectivity index (χ2n) is 4.66. The van der Waals surface area contributed by atoms with Gasteiger partial charge in [0.05, 0.1) is 0 Å². The number of ether oxygens (including phenoxy) is 2. The highest BCUT2D eigenvalue weighted by Gasteiger charge is 2.11. The van der Waals surface area contributed by atoms with Crippen molar-refractivity contribution in [3.8, 4) is 5.75 Å². The Morgan fingerprint density at radius 3 is 2.67 bits per heavy atom. The predicted octanol–water partition coefficient (Wildman–Crippen LogP) is 2.76. The van der Waals surface area contributed by atoms with E-state index in [9.17, 15) is 9.59 Å². The Morgan fingerprint density at radius 2 is 2.00 bits per heavy atom. The average Bonchev–Trinajstić information content (AvgIpc) is 2.93. The number of nitrogens with one attached hydrogen (secondary N) is 1. The monoisotopic (exact) mass is 287 g/mol. The van der Waals surface area contributed by atoms with E-state index in [2.05, 4.69) is 4.98 Å². The first-order valence-electron chi connectivity index (χ1n) is 6.62. The highest BCUT2D eigenvalue weighted by Crippen LogP contribution is 2.12. The molecule has 5 nitrogen and oxygen atoms in total. The van der Waals surface area contributed by atoms with Gasteiger partial charge in [-0.15, -0.1) is 0 Å². The van der Waals surface area contributed by atoms with Crippen LogP contribution in [0, 0.1) is 6.92 Å². The van der Waals surface area contributed by atoms with Crippen LogP contribution < -0.4 is 4.74 Å². The largest absolute Gasteiger partial charge is 0.490 e. The Labute approximate surface area is 122 Å². The molecular formula is C16H17NO4. The molecule has 21 heavy (non-hydrogen) atoms. The third-order valence-corrected chi connectivity index (χ3v) is 2.88. The van der Waals surface area contributed by atoms with Gasteiger partial charge in [-0.3, -0.25) is 4.79 Å². The molecule has 0 aliphatic rings. The van der Waals surface area contributed by atoms with Gasteiger partial charge in [0, 0.05) is 11.8 Å². The number of carbonyl (C=O) groups is 2. The molecule has 1 aromatic heterocycles. The van der Waals surface area contributed by atoms with E-state index in [4.69, 9.17) is 9.47 Å². The standard InChI is InChI=1S/C16H17NO4/c1-11-4-3-5-14(8-11)20-6-7-21-16(19)15-9-13(10-17-15)12(2)18/h3-5,8-10,17H,6-7H2,1-2H3. The number of aromatic nitrogens is 1. The Hall–Kier alpha value is -2.56. The maximum absolute atomic E-state index is 11.7. The van der Waals surface area contributed by atoms with Crippen LogP contribution in [-0.4, -0.2) is 30.0 Å². The Balaban J connectivity index is 1.77. The lowest BCUT2D eigenvalue weighted by atomic mass is 10.2. The van der Waals surface area contributed by atoms with Crippen molar-refractivity contribution in [3.63, 3.8) is 0 Å². The lowest BCUT2D eigenvalue weighted by molar-refractivity contribution is 0.0444. The first-order valence-corrected chi connectivity index (χ1v) is 6.62. The summed E-state index contributed by atoms with van der Waals surface area (Å²) in [5, 5.41) is 0. The van der Waals surface area contributed by atoms with Crippen LogP contribution in [0.2, 0.25) is 0 Å². The number of ketones is 1. The molecule has 0 spiro atoms. The summed E-state index contributed by atoms with van der Waals surface area (Å²) in [5.41, 5.74) is 1.82.